The Bertz CT molecular complexity index is 254. The Labute approximate surface area is 141 Å². The highest BCUT2D eigenvalue weighted by molar-refractivity contribution is 9.09. The largest absolute Gasteiger partial charge is 0.698 e. The van der Waals surface area contributed by atoms with Gasteiger partial charge in [0, 0.05) is 15.2 Å². The molecule has 0 atom stereocenters. The van der Waals surface area contributed by atoms with Crippen LogP contribution >= 0.6 is 40.1 Å². The zero-order valence-corrected chi connectivity index (χ0v) is 17.2. The van der Waals surface area contributed by atoms with E-state index < -0.39 is 8.25 Å². The molecule has 3 nitrogen and oxygen atoms in total. The summed E-state index contributed by atoms with van der Waals surface area (Å²) in [6.45, 7) is 8.28. The van der Waals surface area contributed by atoms with E-state index >= 15 is 0 Å². The minimum Gasteiger partial charge on any atom is -0.112 e. The van der Waals surface area contributed by atoms with E-state index in [4.69, 9.17) is 9.05 Å². The standard InChI is InChI=1S/C14H28Br2O3P/c1-5-13(6-2,9-11-15)18-20(17)19-14(7-3,8-4)10-12-16/h5-12H2,1-4H3/q+1. The zero-order valence-electron chi connectivity index (χ0n) is 13.1. The first-order chi connectivity index (χ1) is 9.46. The van der Waals surface area contributed by atoms with E-state index in [9.17, 15) is 4.57 Å². The minimum atomic E-state index is -2.09. The van der Waals surface area contributed by atoms with Crippen LogP contribution in [0.1, 0.15) is 66.2 Å². The highest BCUT2D eigenvalue weighted by Crippen LogP contribution is 2.43. The van der Waals surface area contributed by atoms with Gasteiger partial charge in [0.2, 0.25) is 0 Å². The van der Waals surface area contributed by atoms with E-state index in [0.29, 0.717) is 0 Å². The molecule has 0 spiro atoms. The van der Waals surface area contributed by atoms with Gasteiger partial charge in [0.05, 0.1) is 0 Å². The lowest BCUT2D eigenvalue weighted by molar-refractivity contribution is 0.000974. The van der Waals surface area contributed by atoms with E-state index in [1.165, 1.54) is 0 Å². The molecule has 0 aromatic heterocycles. The van der Waals surface area contributed by atoms with Gasteiger partial charge in [-0.3, -0.25) is 0 Å². The Morgan fingerprint density at radius 1 is 0.800 bits per heavy atom. The maximum atomic E-state index is 12.3. The number of rotatable bonds is 12. The quantitative estimate of drug-likeness (QED) is 0.264. The average Bonchev–Trinajstić information content (AvgIpc) is 2.46. The van der Waals surface area contributed by atoms with E-state index in [2.05, 4.69) is 59.6 Å². The molecule has 0 rings (SSSR count). The van der Waals surface area contributed by atoms with Gasteiger partial charge in [-0.1, -0.05) is 59.6 Å². The van der Waals surface area contributed by atoms with Crippen LogP contribution < -0.4 is 0 Å². The van der Waals surface area contributed by atoms with Gasteiger partial charge < -0.3 is 0 Å². The summed E-state index contributed by atoms with van der Waals surface area (Å²) in [5.74, 6) is 0. The molecule has 0 bridgehead atoms. The normalized spacial score (nSPS) is 12.7. The predicted octanol–water partition coefficient (Wildman–Crippen LogP) is 6.36. The lowest BCUT2D eigenvalue weighted by Gasteiger charge is -2.27. The van der Waals surface area contributed by atoms with Gasteiger partial charge in [0.25, 0.3) is 0 Å². The minimum absolute atomic E-state index is 0.349. The number of hydrogen-bond donors (Lipinski definition) is 0. The first-order valence-electron chi connectivity index (χ1n) is 7.44. The third kappa shape index (κ3) is 6.39. The predicted molar refractivity (Wildman–Crippen MR) is 93.2 cm³/mol. The summed E-state index contributed by atoms with van der Waals surface area (Å²) >= 11 is 6.90. The maximum absolute atomic E-state index is 12.3. The molecule has 0 heterocycles. The van der Waals surface area contributed by atoms with Gasteiger partial charge in [-0.2, -0.15) is 0 Å². The van der Waals surface area contributed by atoms with E-state index in [1.54, 1.807) is 0 Å². The molecule has 6 heteroatoms. The van der Waals surface area contributed by atoms with Gasteiger partial charge in [0.15, 0.2) is 0 Å². The van der Waals surface area contributed by atoms with Crippen molar-refractivity contribution < 1.29 is 13.6 Å². The molecular weight excluding hydrogens is 407 g/mol. The second-order valence-corrected chi connectivity index (χ2v) is 7.46. The van der Waals surface area contributed by atoms with E-state index in [-0.39, 0.29) is 11.2 Å². The molecule has 0 aliphatic carbocycles. The third-order valence-corrected chi connectivity index (χ3v) is 6.08. The Balaban J connectivity index is 4.80. The summed E-state index contributed by atoms with van der Waals surface area (Å²) in [6, 6.07) is 0. The molecule has 0 aromatic carbocycles. The van der Waals surface area contributed by atoms with Crippen LogP contribution in [0.5, 0.6) is 0 Å². The molecular formula is C14H28Br2O3P+. The van der Waals surface area contributed by atoms with Gasteiger partial charge >= 0.3 is 8.25 Å². The highest BCUT2D eigenvalue weighted by Gasteiger charge is 2.44. The van der Waals surface area contributed by atoms with Crippen LogP contribution in [0.25, 0.3) is 0 Å². The van der Waals surface area contributed by atoms with Crippen LogP contribution in [-0.4, -0.2) is 21.9 Å². The molecule has 0 saturated heterocycles. The summed E-state index contributed by atoms with van der Waals surface area (Å²) in [5, 5.41) is 1.68. The second kappa shape index (κ2) is 10.7. The summed E-state index contributed by atoms with van der Waals surface area (Å²) in [6.07, 6.45) is 5.03. The summed E-state index contributed by atoms with van der Waals surface area (Å²) in [7, 11) is -2.09. The van der Waals surface area contributed by atoms with Crippen molar-refractivity contribution in [1.29, 1.82) is 0 Å². The number of alkyl halides is 2. The third-order valence-electron chi connectivity index (χ3n) is 4.21. The molecule has 0 aliphatic heterocycles. The average molecular weight is 435 g/mol. The van der Waals surface area contributed by atoms with Crippen LogP contribution in [-0.2, 0) is 13.6 Å². The summed E-state index contributed by atoms with van der Waals surface area (Å²) in [5.41, 5.74) is -0.697. The van der Waals surface area contributed by atoms with Crippen molar-refractivity contribution in [1.82, 2.24) is 0 Å². The van der Waals surface area contributed by atoms with Crippen LogP contribution in [0.3, 0.4) is 0 Å². The van der Waals surface area contributed by atoms with Crippen molar-refractivity contribution in [2.75, 3.05) is 10.7 Å². The van der Waals surface area contributed by atoms with Crippen molar-refractivity contribution in [3.05, 3.63) is 0 Å². The van der Waals surface area contributed by atoms with E-state index in [1.807, 2.05) is 0 Å². The summed E-state index contributed by atoms with van der Waals surface area (Å²) < 4.78 is 24.0. The van der Waals surface area contributed by atoms with Crippen LogP contribution in [0.4, 0.5) is 0 Å². The van der Waals surface area contributed by atoms with Gasteiger partial charge in [-0.15, -0.1) is 9.05 Å². The number of halogens is 2. The fourth-order valence-corrected chi connectivity index (χ4v) is 5.05. The highest BCUT2D eigenvalue weighted by atomic mass is 79.9. The Kier molecular flexibility index (Phi) is 11.2. The van der Waals surface area contributed by atoms with Crippen molar-refractivity contribution in [3.63, 3.8) is 0 Å². The maximum Gasteiger partial charge on any atom is 0.698 e. The van der Waals surface area contributed by atoms with Gasteiger partial charge in [-0.05, 0) is 38.5 Å². The first-order valence-corrected chi connectivity index (χ1v) is 10.8. The fraction of sp³-hybridized carbons (Fsp3) is 1.00. The van der Waals surface area contributed by atoms with Crippen molar-refractivity contribution in [3.8, 4) is 0 Å². The Morgan fingerprint density at radius 3 is 1.30 bits per heavy atom. The molecule has 0 radical (unpaired) electrons. The van der Waals surface area contributed by atoms with Crippen molar-refractivity contribution in [2.45, 2.75) is 77.4 Å². The lowest BCUT2D eigenvalue weighted by Crippen LogP contribution is -2.33. The Hall–Kier alpha value is 0.980. The van der Waals surface area contributed by atoms with Crippen LogP contribution in [0, 0.1) is 0 Å². The van der Waals surface area contributed by atoms with Gasteiger partial charge in [-0.25, -0.2) is 0 Å². The summed E-state index contributed by atoms with van der Waals surface area (Å²) in [4.78, 5) is 0. The molecule has 20 heavy (non-hydrogen) atoms. The Morgan fingerprint density at radius 2 is 1.10 bits per heavy atom. The molecule has 0 aromatic rings. The molecule has 120 valence electrons. The molecule has 0 amide bonds. The fourth-order valence-electron chi connectivity index (χ4n) is 2.24. The molecule has 0 saturated carbocycles. The van der Waals surface area contributed by atoms with Crippen molar-refractivity contribution >= 4 is 40.1 Å². The molecule has 0 N–H and O–H groups in total. The molecule has 0 unspecified atom stereocenters. The van der Waals surface area contributed by atoms with Crippen LogP contribution in [0.15, 0.2) is 0 Å². The number of hydrogen-bond acceptors (Lipinski definition) is 3. The van der Waals surface area contributed by atoms with Crippen molar-refractivity contribution in [2.24, 2.45) is 0 Å². The molecule has 0 fully saturated rings. The SMILES string of the molecule is CCC(CC)(CCBr)O[P+](=O)OC(CC)(CC)CCBr. The first kappa shape index (κ1) is 21.0. The topological polar surface area (TPSA) is 35.5 Å². The second-order valence-electron chi connectivity index (χ2n) is 5.06. The smallest absolute Gasteiger partial charge is 0.112 e. The van der Waals surface area contributed by atoms with Gasteiger partial charge in [0.1, 0.15) is 11.2 Å². The lowest BCUT2D eigenvalue weighted by atomic mass is 9.95. The molecule has 0 aliphatic rings. The monoisotopic (exact) mass is 433 g/mol. The zero-order chi connectivity index (χ0) is 15.6. The van der Waals surface area contributed by atoms with E-state index in [0.717, 1.165) is 49.2 Å². The van der Waals surface area contributed by atoms with Crippen LogP contribution in [0.2, 0.25) is 0 Å².